The standard InChI is InChI=1S/C42H77NO8/c1-3-5-7-9-11-13-15-17-18-20-22-24-26-28-30-32-38(46)43-35(34-50-42-41(49)40(48)39(47)37(33-44)51-42)36(45)31-29-27-25-23-21-19-16-14-12-10-8-6-4-2/h9,11,13,15,17-18,35-37,39-42,44-45,47-49H,3-8,10,12,14,16,19-34H2,1-2H3,(H,43,46)/b11-9-,15-13+,18-17-/t35-,36+,37?,39?,40?,41?,42?/m0/s1. The van der Waals surface area contributed by atoms with Gasteiger partial charge in [-0.1, -0.05) is 166 Å². The molecule has 1 aliphatic heterocycles. The normalized spacial score (nSPS) is 22.4. The Kier molecular flexibility index (Phi) is 30.7. The second-order valence-corrected chi connectivity index (χ2v) is 14.5. The van der Waals surface area contributed by atoms with Crippen molar-refractivity contribution in [3.05, 3.63) is 36.5 Å². The van der Waals surface area contributed by atoms with E-state index in [4.69, 9.17) is 9.47 Å². The molecule has 0 radical (unpaired) electrons. The number of ether oxygens (including phenoxy) is 2. The number of aliphatic hydroxyl groups is 5. The topological polar surface area (TPSA) is 149 Å². The lowest BCUT2D eigenvalue weighted by atomic mass is 9.99. The van der Waals surface area contributed by atoms with Crippen molar-refractivity contribution in [2.45, 2.75) is 211 Å². The Labute approximate surface area is 311 Å². The zero-order chi connectivity index (χ0) is 37.4. The molecule has 298 valence electrons. The first kappa shape index (κ1) is 47.4. The van der Waals surface area contributed by atoms with E-state index in [0.717, 1.165) is 64.2 Å². The van der Waals surface area contributed by atoms with E-state index >= 15 is 0 Å². The van der Waals surface area contributed by atoms with Crippen LogP contribution < -0.4 is 5.32 Å². The van der Waals surface area contributed by atoms with E-state index < -0.39 is 49.5 Å². The van der Waals surface area contributed by atoms with Crippen molar-refractivity contribution in [2.24, 2.45) is 0 Å². The van der Waals surface area contributed by atoms with Crippen LogP contribution in [0.4, 0.5) is 0 Å². The van der Waals surface area contributed by atoms with Crippen molar-refractivity contribution in [3.63, 3.8) is 0 Å². The first-order valence-electron chi connectivity index (χ1n) is 20.7. The van der Waals surface area contributed by atoms with Gasteiger partial charge in [0.1, 0.15) is 24.4 Å². The van der Waals surface area contributed by atoms with Crippen LogP contribution in [0.5, 0.6) is 0 Å². The van der Waals surface area contributed by atoms with Gasteiger partial charge < -0.3 is 40.3 Å². The molecule has 0 bridgehead atoms. The molecule has 1 amide bonds. The summed E-state index contributed by atoms with van der Waals surface area (Å²) in [6, 6.07) is -0.727. The average molecular weight is 724 g/mol. The third-order valence-corrected chi connectivity index (χ3v) is 9.81. The van der Waals surface area contributed by atoms with Gasteiger partial charge in [-0.25, -0.2) is 0 Å². The smallest absolute Gasteiger partial charge is 0.220 e. The molecule has 6 N–H and O–H groups in total. The van der Waals surface area contributed by atoms with E-state index in [1.165, 1.54) is 77.0 Å². The summed E-state index contributed by atoms with van der Waals surface area (Å²) in [6.07, 6.45) is 31.4. The largest absolute Gasteiger partial charge is 0.394 e. The lowest BCUT2D eigenvalue weighted by molar-refractivity contribution is -0.302. The lowest BCUT2D eigenvalue weighted by Gasteiger charge is -2.40. The quantitative estimate of drug-likeness (QED) is 0.0298. The van der Waals surface area contributed by atoms with Crippen LogP contribution in [0.2, 0.25) is 0 Å². The van der Waals surface area contributed by atoms with Crippen LogP contribution in [0.3, 0.4) is 0 Å². The number of amides is 1. The molecule has 0 saturated carbocycles. The van der Waals surface area contributed by atoms with E-state index in [1.807, 2.05) is 0 Å². The van der Waals surface area contributed by atoms with Crippen molar-refractivity contribution >= 4 is 5.91 Å². The van der Waals surface area contributed by atoms with Gasteiger partial charge >= 0.3 is 0 Å². The van der Waals surface area contributed by atoms with Crippen LogP contribution in [0.1, 0.15) is 168 Å². The molecule has 1 rings (SSSR count). The predicted molar refractivity (Wildman–Crippen MR) is 207 cm³/mol. The van der Waals surface area contributed by atoms with E-state index in [-0.39, 0.29) is 12.5 Å². The fourth-order valence-electron chi connectivity index (χ4n) is 6.38. The van der Waals surface area contributed by atoms with Crippen molar-refractivity contribution < 1.29 is 39.8 Å². The van der Waals surface area contributed by atoms with Gasteiger partial charge in [0.05, 0.1) is 25.4 Å². The molecule has 1 aliphatic rings. The van der Waals surface area contributed by atoms with Crippen molar-refractivity contribution in [2.75, 3.05) is 13.2 Å². The predicted octanol–water partition coefficient (Wildman–Crippen LogP) is 7.72. The highest BCUT2D eigenvalue weighted by molar-refractivity contribution is 5.76. The molecule has 9 nitrogen and oxygen atoms in total. The molecular formula is C42H77NO8. The van der Waals surface area contributed by atoms with Crippen molar-refractivity contribution in [3.8, 4) is 0 Å². The van der Waals surface area contributed by atoms with Gasteiger partial charge in [0.25, 0.3) is 0 Å². The Hall–Kier alpha value is -1.59. The molecule has 0 aromatic heterocycles. The summed E-state index contributed by atoms with van der Waals surface area (Å²) in [5.74, 6) is -0.166. The first-order valence-corrected chi connectivity index (χ1v) is 20.7. The molecule has 0 spiro atoms. The number of aliphatic hydroxyl groups excluding tert-OH is 5. The molecule has 0 aromatic rings. The highest BCUT2D eigenvalue weighted by Crippen LogP contribution is 2.23. The second kappa shape index (κ2) is 33.0. The van der Waals surface area contributed by atoms with Gasteiger partial charge in [-0.3, -0.25) is 4.79 Å². The monoisotopic (exact) mass is 724 g/mol. The van der Waals surface area contributed by atoms with Crippen LogP contribution >= 0.6 is 0 Å². The van der Waals surface area contributed by atoms with Gasteiger partial charge in [0.15, 0.2) is 6.29 Å². The van der Waals surface area contributed by atoms with E-state index in [9.17, 15) is 30.3 Å². The third-order valence-electron chi connectivity index (χ3n) is 9.81. The minimum atomic E-state index is -1.56. The zero-order valence-electron chi connectivity index (χ0n) is 32.4. The number of hydrogen-bond donors (Lipinski definition) is 6. The summed E-state index contributed by atoms with van der Waals surface area (Å²) in [5, 5.41) is 54.1. The number of rotatable bonds is 33. The second-order valence-electron chi connectivity index (χ2n) is 14.5. The van der Waals surface area contributed by atoms with Gasteiger partial charge in [-0.2, -0.15) is 0 Å². The molecule has 1 saturated heterocycles. The molecule has 1 heterocycles. The first-order chi connectivity index (χ1) is 24.8. The molecule has 7 atom stereocenters. The molecule has 0 aliphatic carbocycles. The molecule has 51 heavy (non-hydrogen) atoms. The Balaban J connectivity index is 2.41. The van der Waals surface area contributed by atoms with Gasteiger partial charge in [0, 0.05) is 6.42 Å². The maximum atomic E-state index is 12.9. The summed E-state index contributed by atoms with van der Waals surface area (Å²) in [4.78, 5) is 12.9. The molecule has 1 fully saturated rings. The Morgan fingerprint density at radius 3 is 1.75 bits per heavy atom. The Morgan fingerprint density at radius 2 is 1.18 bits per heavy atom. The third kappa shape index (κ3) is 24.4. The fraction of sp³-hybridized carbons (Fsp3) is 0.833. The molecule has 5 unspecified atom stereocenters. The van der Waals surface area contributed by atoms with Crippen LogP contribution in [0.25, 0.3) is 0 Å². The van der Waals surface area contributed by atoms with E-state index in [2.05, 4.69) is 55.6 Å². The summed E-state index contributed by atoms with van der Waals surface area (Å²) < 4.78 is 11.2. The van der Waals surface area contributed by atoms with Crippen molar-refractivity contribution in [1.82, 2.24) is 5.32 Å². The summed E-state index contributed by atoms with van der Waals surface area (Å²) in [7, 11) is 0. The zero-order valence-corrected chi connectivity index (χ0v) is 32.4. The molecular weight excluding hydrogens is 646 g/mol. The maximum absolute atomic E-state index is 12.9. The summed E-state index contributed by atoms with van der Waals surface area (Å²) in [5.41, 5.74) is 0. The number of hydrogen-bond acceptors (Lipinski definition) is 8. The maximum Gasteiger partial charge on any atom is 0.220 e. The average Bonchev–Trinajstić information content (AvgIpc) is 3.13. The van der Waals surface area contributed by atoms with E-state index in [1.54, 1.807) is 0 Å². The number of nitrogens with one attached hydrogen (secondary N) is 1. The minimum Gasteiger partial charge on any atom is -0.394 e. The summed E-state index contributed by atoms with van der Waals surface area (Å²) >= 11 is 0. The van der Waals surface area contributed by atoms with Crippen LogP contribution in [-0.2, 0) is 14.3 Å². The number of carbonyl (C=O) groups excluding carboxylic acids is 1. The van der Waals surface area contributed by atoms with Gasteiger partial charge in [-0.15, -0.1) is 0 Å². The highest BCUT2D eigenvalue weighted by atomic mass is 16.7. The highest BCUT2D eigenvalue weighted by Gasteiger charge is 2.44. The Morgan fingerprint density at radius 1 is 0.667 bits per heavy atom. The SMILES string of the molecule is CCCC\C=C/C=C/C=C\CCCCCCCC(=O)N[C@@H](COC1OC(CO)C(O)C(O)C1O)[C@H](O)CCCCCCCCCCCCCCC. The van der Waals surface area contributed by atoms with Gasteiger partial charge in [0.2, 0.25) is 5.91 Å². The number of allylic oxidation sites excluding steroid dienone is 6. The van der Waals surface area contributed by atoms with Crippen molar-refractivity contribution in [1.29, 1.82) is 0 Å². The number of unbranched alkanes of at least 4 members (excludes halogenated alkanes) is 19. The Bertz CT molecular complexity index is 894. The van der Waals surface area contributed by atoms with Gasteiger partial charge in [-0.05, 0) is 32.1 Å². The number of carbonyl (C=O) groups is 1. The lowest BCUT2D eigenvalue weighted by Crippen LogP contribution is -2.60. The molecule has 0 aromatic carbocycles. The van der Waals surface area contributed by atoms with Crippen LogP contribution in [0, 0.1) is 0 Å². The molecule has 9 heteroatoms. The minimum absolute atomic E-state index is 0.147. The fourth-order valence-corrected chi connectivity index (χ4v) is 6.38. The summed E-state index contributed by atoms with van der Waals surface area (Å²) in [6.45, 7) is 3.74. The van der Waals surface area contributed by atoms with E-state index in [0.29, 0.717) is 12.8 Å². The van der Waals surface area contributed by atoms with Crippen LogP contribution in [-0.4, -0.2) is 87.5 Å². The van der Waals surface area contributed by atoms with Crippen LogP contribution in [0.15, 0.2) is 36.5 Å².